The van der Waals surface area contributed by atoms with Crippen LogP contribution in [0.15, 0.2) is 29.3 Å². The first kappa shape index (κ1) is 20.9. The first-order valence-electron chi connectivity index (χ1n) is 8.67. The van der Waals surface area contributed by atoms with E-state index < -0.39 is 6.10 Å². The summed E-state index contributed by atoms with van der Waals surface area (Å²) in [5.41, 5.74) is 0.511. The Morgan fingerprint density at radius 3 is 3.00 bits per heavy atom. The van der Waals surface area contributed by atoms with Crippen LogP contribution in [0.25, 0.3) is 0 Å². The molecule has 3 rings (SSSR count). The minimum Gasteiger partial charge on any atom is -0.387 e. The van der Waals surface area contributed by atoms with Gasteiger partial charge in [0.1, 0.15) is 5.82 Å². The predicted molar refractivity (Wildman–Crippen MR) is 109 cm³/mol. The number of carbonyl (C=O) groups excluding carboxylic acids is 1. The molecule has 3 N–H and O–H groups in total. The molecule has 0 aromatic heterocycles. The summed E-state index contributed by atoms with van der Waals surface area (Å²) in [6.45, 7) is 2.59. The number of guanidine groups is 1. The number of hydrogen-bond donors (Lipinski definition) is 3. The van der Waals surface area contributed by atoms with Crippen molar-refractivity contribution in [2.75, 3.05) is 33.2 Å². The molecule has 1 aromatic rings. The number of nitrogens with one attached hydrogen (secondary N) is 2. The van der Waals surface area contributed by atoms with Gasteiger partial charge in [0.2, 0.25) is 5.91 Å². The fourth-order valence-corrected chi connectivity index (χ4v) is 3.78. The third-order valence-corrected chi connectivity index (χ3v) is 5.06. The van der Waals surface area contributed by atoms with E-state index in [0.717, 1.165) is 25.9 Å². The molecule has 2 heterocycles. The van der Waals surface area contributed by atoms with Gasteiger partial charge in [-0.05, 0) is 30.5 Å². The van der Waals surface area contributed by atoms with Gasteiger partial charge >= 0.3 is 0 Å². The summed E-state index contributed by atoms with van der Waals surface area (Å²) in [6.07, 6.45) is 1.78. The fraction of sp³-hybridized carbons (Fsp3) is 0.556. The summed E-state index contributed by atoms with van der Waals surface area (Å²) in [7, 11) is 1.70. The zero-order valence-corrected chi connectivity index (χ0v) is 17.2. The van der Waals surface area contributed by atoms with Gasteiger partial charge in [-0.25, -0.2) is 4.39 Å². The number of halogens is 2. The number of aliphatic hydroxyl groups excluding tert-OH is 1. The summed E-state index contributed by atoms with van der Waals surface area (Å²) in [5.74, 6) is 0.456. The van der Waals surface area contributed by atoms with Gasteiger partial charge in [0.05, 0.1) is 6.10 Å². The highest BCUT2D eigenvalue weighted by molar-refractivity contribution is 14.0. The van der Waals surface area contributed by atoms with Gasteiger partial charge in [0, 0.05) is 45.1 Å². The minimum absolute atomic E-state index is 0. The summed E-state index contributed by atoms with van der Waals surface area (Å²) < 4.78 is 13.3. The molecule has 2 fully saturated rings. The van der Waals surface area contributed by atoms with E-state index in [9.17, 15) is 14.3 Å². The van der Waals surface area contributed by atoms with Crippen molar-refractivity contribution in [3.05, 3.63) is 35.6 Å². The maximum absolute atomic E-state index is 13.3. The van der Waals surface area contributed by atoms with E-state index in [0.29, 0.717) is 24.5 Å². The van der Waals surface area contributed by atoms with Crippen LogP contribution >= 0.6 is 24.0 Å². The molecule has 2 aliphatic rings. The van der Waals surface area contributed by atoms with Crippen molar-refractivity contribution >= 4 is 35.8 Å². The highest BCUT2D eigenvalue weighted by Gasteiger charge is 2.42. The lowest BCUT2D eigenvalue weighted by Gasteiger charge is -2.40. The molecule has 2 saturated heterocycles. The SMILES string of the molecule is CN=C(NCC(O)c1cccc(F)c1)N1CCCC2(CNC(=O)C2)C1.I. The third kappa shape index (κ3) is 4.85. The van der Waals surface area contributed by atoms with Gasteiger partial charge in [-0.3, -0.25) is 9.79 Å². The van der Waals surface area contributed by atoms with Crippen LogP contribution < -0.4 is 10.6 Å². The monoisotopic (exact) mass is 476 g/mol. The molecule has 1 aromatic carbocycles. The molecule has 6 nitrogen and oxygen atoms in total. The van der Waals surface area contributed by atoms with E-state index in [1.54, 1.807) is 19.2 Å². The van der Waals surface area contributed by atoms with Crippen molar-refractivity contribution in [2.24, 2.45) is 10.4 Å². The van der Waals surface area contributed by atoms with Gasteiger partial charge in [0.15, 0.2) is 5.96 Å². The van der Waals surface area contributed by atoms with Gasteiger partial charge < -0.3 is 20.6 Å². The normalized spacial score (nSPS) is 24.2. The lowest BCUT2D eigenvalue weighted by atomic mass is 9.79. The molecule has 2 atom stereocenters. The molecule has 0 aliphatic carbocycles. The Morgan fingerprint density at radius 2 is 2.35 bits per heavy atom. The van der Waals surface area contributed by atoms with E-state index in [-0.39, 0.29) is 47.7 Å². The number of hydrogen-bond acceptors (Lipinski definition) is 3. The largest absolute Gasteiger partial charge is 0.387 e. The molecule has 1 spiro atoms. The van der Waals surface area contributed by atoms with E-state index in [4.69, 9.17) is 0 Å². The lowest BCUT2D eigenvalue weighted by Crippen LogP contribution is -2.51. The zero-order valence-electron chi connectivity index (χ0n) is 14.9. The Kier molecular flexibility index (Phi) is 7.22. The Labute approximate surface area is 170 Å². The van der Waals surface area contributed by atoms with Crippen LogP contribution in [0.1, 0.15) is 30.9 Å². The standard InChI is InChI=1S/C18H25FN4O2.HI/c1-20-17(21-10-15(24)13-4-2-5-14(19)8-13)23-7-3-6-18(12-23)9-16(25)22-11-18;/h2,4-5,8,15,24H,3,6-7,9-12H2,1H3,(H,20,21)(H,22,25);1H. The molecule has 1 amide bonds. The number of likely N-dealkylation sites (tertiary alicyclic amines) is 1. The van der Waals surface area contributed by atoms with Crippen LogP contribution in [-0.4, -0.2) is 55.1 Å². The number of piperidine rings is 1. The summed E-state index contributed by atoms with van der Waals surface area (Å²) >= 11 is 0. The first-order chi connectivity index (χ1) is 12.0. The number of aliphatic imine (C=N–C) groups is 1. The van der Waals surface area contributed by atoms with Crippen LogP contribution in [0.5, 0.6) is 0 Å². The van der Waals surface area contributed by atoms with Crippen LogP contribution in [0, 0.1) is 11.2 Å². The molecule has 2 unspecified atom stereocenters. The van der Waals surface area contributed by atoms with Crippen molar-refractivity contribution in [2.45, 2.75) is 25.4 Å². The van der Waals surface area contributed by atoms with Crippen molar-refractivity contribution in [1.82, 2.24) is 15.5 Å². The third-order valence-electron chi connectivity index (χ3n) is 5.06. The molecule has 0 radical (unpaired) electrons. The average molecular weight is 476 g/mol. The van der Waals surface area contributed by atoms with E-state index in [1.165, 1.54) is 12.1 Å². The van der Waals surface area contributed by atoms with Gasteiger partial charge in [0.25, 0.3) is 0 Å². The second-order valence-electron chi connectivity index (χ2n) is 6.98. The van der Waals surface area contributed by atoms with Gasteiger partial charge in [-0.1, -0.05) is 12.1 Å². The molecular formula is C18H26FIN4O2. The second kappa shape index (κ2) is 8.98. The van der Waals surface area contributed by atoms with E-state index in [1.807, 2.05) is 0 Å². The second-order valence-corrected chi connectivity index (χ2v) is 6.98. The maximum atomic E-state index is 13.3. The molecule has 0 saturated carbocycles. The highest BCUT2D eigenvalue weighted by atomic mass is 127. The maximum Gasteiger partial charge on any atom is 0.220 e. The van der Waals surface area contributed by atoms with Crippen molar-refractivity contribution < 1.29 is 14.3 Å². The van der Waals surface area contributed by atoms with Crippen LogP contribution in [0.2, 0.25) is 0 Å². The highest BCUT2D eigenvalue weighted by Crippen LogP contribution is 2.36. The summed E-state index contributed by atoms with van der Waals surface area (Å²) in [6, 6.07) is 5.97. The molecule has 2 aliphatic heterocycles. The Morgan fingerprint density at radius 1 is 1.54 bits per heavy atom. The van der Waals surface area contributed by atoms with Crippen LogP contribution in [0.3, 0.4) is 0 Å². The first-order valence-corrected chi connectivity index (χ1v) is 8.67. The smallest absolute Gasteiger partial charge is 0.220 e. The lowest BCUT2D eigenvalue weighted by molar-refractivity contribution is -0.119. The topological polar surface area (TPSA) is 77.0 Å². The Bertz CT molecular complexity index is 672. The number of amides is 1. The number of benzene rings is 1. The minimum atomic E-state index is -0.819. The van der Waals surface area contributed by atoms with Crippen molar-refractivity contribution in [1.29, 1.82) is 0 Å². The number of carbonyl (C=O) groups is 1. The van der Waals surface area contributed by atoms with Crippen molar-refractivity contribution in [3.8, 4) is 0 Å². The molecule has 0 bridgehead atoms. The zero-order chi connectivity index (χ0) is 17.9. The molecule has 26 heavy (non-hydrogen) atoms. The summed E-state index contributed by atoms with van der Waals surface area (Å²) in [4.78, 5) is 18.1. The van der Waals surface area contributed by atoms with Crippen LogP contribution in [0.4, 0.5) is 4.39 Å². The average Bonchev–Trinajstić information content (AvgIpc) is 2.95. The Hall–Kier alpha value is -1.42. The number of nitrogens with zero attached hydrogens (tertiary/aromatic N) is 2. The summed E-state index contributed by atoms with van der Waals surface area (Å²) in [5, 5.41) is 16.4. The molecular weight excluding hydrogens is 450 g/mol. The molecule has 8 heteroatoms. The number of aliphatic hydroxyl groups is 1. The fourth-order valence-electron chi connectivity index (χ4n) is 3.78. The number of rotatable bonds is 3. The van der Waals surface area contributed by atoms with Gasteiger partial charge in [-0.15, -0.1) is 24.0 Å². The molecule has 144 valence electrons. The van der Waals surface area contributed by atoms with Gasteiger partial charge in [-0.2, -0.15) is 0 Å². The van der Waals surface area contributed by atoms with E-state index >= 15 is 0 Å². The van der Waals surface area contributed by atoms with Crippen LogP contribution in [-0.2, 0) is 4.79 Å². The predicted octanol–water partition coefficient (Wildman–Crippen LogP) is 1.65. The Balaban J connectivity index is 0.00000243. The quantitative estimate of drug-likeness (QED) is 0.353. The van der Waals surface area contributed by atoms with E-state index in [2.05, 4.69) is 20.5 Å². The van der Waals surface area contributed by atoms with Crippen molar-refractivity contribution in [3.63, 3.8) is 0 Å².